The molecule has 12 heavy (non-hydrogen) atoms. The fourth-order valence-corrected chi connectivity index (χ4v) is 1.22. The lowest BCUT2D eigenvalue weighted by molar-refractivity contribution is 0.571. The van der Waals surface area contributed by atoms with Crippen LogP contribution in [-0.4, -0.2) is 6.26 Å². The van der Waals surface area contributed by atoms with Crippen molar-refractivity contribution in [2.45, 2.75) is 4.90 Å². The van der Waals surface area contributed by atoms with Crippen LogP contribution in [0.15, 0.2) is 17.0 Å². The maximum Gasteiger partial charge on any atom is 0.145 e. The first-order chi connectivity index (χ1) is 5.69. The Kier molecular flexibility index (Phi) is 2.66. The van der Waals surface area contributed by atoms with Gasteiger partial charge in [-0.3, -0.25) is 0 Å². The SMILES string of the molecule is CSc1cc(F)c(C#N)c(F)c1. The second kappa shape index (κ2) is 3.55. The van der Waals surface area contributed by atoms with Crippen molar-refractivity contribution in [2.24, 2.45) is 0 Å². The molecule has 0 amide bonds. The van der Waals surface area contributed by atoms with E-state index in [-0.39, 0.29) is 0 Å². The van der Waals surface area contributed by atoms with Crippen molar-refractivity contribution in [1.82, 2.24) is 0 Å². The van der Waals surface area contributed by atoms with Crippen molar-refractivity contribution in [3.05, 3.63) is 29.3 Å². The number of thioether (sulfide) groups is 1. The van der Waals surface area contributed by atoms with Crippen LogP contribution >= 0.6 is 11.8 Å². The minimum absolute atomic E-state index is 0.476. The van der Waals surface area contributed by atoms with E-state index >= 15 is 0 Å². The molecule has 0 radical (unpaired) electrons. The number of nitrogens with zero attached hydrogens (tertiary/aromatic N) is 1. The van der Waals surface area contributed by atoms with Crippen LogP contribution in [0, 0.1) is 23.0 Å². The lowest BCUT2D eigenvalue weighted by atomic mass is 10.2. The van der Waals surface area contributed by atoms with Gasteiger partial charge in [0.15, 0.2) is 0 Å². The van der Waals surface area contributed by atoms with Gasteiger partial charge in [-0.05, 0) is 18.4 Å². The first kappa shape index (κ1) is 9.01. The molecule has 0 fully saturated rings. The highest BCUT2D eigenvalue weighted by molar-refractivity contribution is 7.98. The lowest BCUT2D eigenvalue weighted by Crippen LogP contribution is -1.90. The fraction of sp³-hybridized carbons (Fsp3) is 0.125. The van der Waals surface area contributed by atoms with E-state index in [9.17, 15) is 8.78 Å². The average molecular weight is 185 g/mol. The van der Waals surface area contributed by atoms with E-state index in [1.807, 2.05) is 0 Å². The van der Waals surface area contributed by atoms with Crippen molar-refractivity contribution in [2.75, 3.05) is 6.26 Å². The minimum atomic E-state index is -0.804. The third kappa shape index (κ3) is 1.56. The lowest BCUT2D eigenvalue weighted by Gasteiger charge is -1.98. The van der Waals surface area contributed by atoms with Gasteiger partial charge in [-0.2, -0.15) is 5.26 Å². The molecule has 0 atom stereocenters. The predicted octanol–water partition coefficient (Wildman–Crippen LogP) is 2.56. The Hall–Kier alpha value is -1.08. The highest BCUT2D eigenvalue weighted by atomic mass is 32.2. The van der Waals surface area contributed by atoms with E-state index in [2.05, 4.69) is 0 Å². The quantitative estimate of drug-likeness (QED) is 0.628. The Morgan fingerprint density at radius 1 is 1.33 bits per heavy atom. The molecule has 0 heterocycles. The Morgan fingerprint density at radius 2 is 1.83 bits per heavy atom. The van der Waals surface area contributed by atoms with E-state index < -0.39 is 17.2 Å². The smallest absolute Gasteiger partial charge is 0.145 e. The Labute approximate surface area is 73.0 Å². The summed E-state index contributed by atoms with van der Waals surface area (Å²) in [4.78, 5) is 0.476. The number of hydrogen-bond acceptors (Lipinski definition) is 2. The topological polar surface area (TPSA) is 23.8 Å². The average Bonchev–Trinajstić information content (AvgIpc) is 2.03. The molecule has 0 saturated carbocycles. The molecule has 0 bridgehead atoms. The third-order valence-corrected chi connectivity index (χ3v) is 2.07. The van der Waals surface area contributed by atoms with E-state index in [1.165, 1.54) is 17.8 Å². The maximum atomic E-state index is 12.8. The zero-order valence-electron chi connectivity index (χ0n) is 6.27. The Balaban J connectivity index is 3.30. The molecule has 62 valence electrons. The number of hydrogen-bond donors (Lipinski definition) is 0. The molecule has 0 N–H and O–H groups in total. The van der Waals surface area contributed by atoms with E-state index in [1.54, 1.807) is 6.26 Å². The van der Waals surface area contributed by atoms with Crippen LogP contribution < -0.4 is 0 Å². The van der Waals surface area contributed by atoms with Crippen LogP contribution in [0.5, 0.6) is 0 Å². The molecular weight excluding hydrogens is 180 g/mol. The summed E-state index contributed by atoms with van der Waals surface area (Å²) in [6, 6.07) is 3.75. The molecular formula is C8H5F2NS. The second-order valence-corrected chi connectivity index (χ2v) is 2.96. The summed E-state index contributed by atoms with van der Waals surface area (Å²) < 4.78 is 25.6. The molecule has 0 unspecified atom stereocenters. The standard InChI is InChI=1S/C8H5F2NS/c1-12-5-2-7(9)6(4-11)8(10)3-5/h2-3H,1H3. The first-order valence-electron chi connectivity index (χ1n) is 3.12. The summed E-state index contributed by atoms with van der Waals surface area (Å²) in [5.41, 5.74) is -0.521. The fourth-order valence-electron chi connectivity index (χ4n) is 0.775. The molecule has 1 rings (SSSR count). The van der Waals surface area contributed by atoms with Gasteiger partial charge in [-0.1, -0.05) is 0 Å². The monoisotopic (exact) mass is 185 g/mol. The summed E-state index contributed by atoms with van der Waals surface area (Å²) >= 11 is 1.23. The van der Waals surface area contributed by atoms with Crippen molar-refractivity contribution in [1.29, 1.82) is 5.26 Å². The zero-order valence-corrected chi connectivity index (χ0v) is 7.08. The molecule has 0 aliphatic heterocycles. The van der Waals surface area contributed by atoms with Gasteiger partial charge in [-0.15, -0.1) is 11.8 Å². The van der Waals surface area contributed by atoms with Crippen LogP contribution in [-0.2, 0) is 0 Å². The van der Waals surface area contributed by atoms with Crippen LogP contribution in [0.2, 0.25) is 0 Å². The van der Waals surface area contributed by atoms with Gasteiger partial charge in [0.05, 0.1) is 0 Å². The van der Waals surface area contributed by atoms with Crippen LogP contribution in [0.4, 0.5) is 8.78 Å². The van der Waals surface area contributed by atoms with Crippen LogP contribution in [0.25, 0.3) is 0 Å². The second-order valence-electron chi connectivity index (χ2n) is 2.08. The maximum absolute atomic E-state index is 12.8. The summed E-state index contributed by atoms with van der Waals surface area (Å²) in [6.45, 7) is 0. The van der Waals surface area contributed by atoms with Crippen LogP contribution in [0.3, 0.4) is 0 Å². The molecule has 4 heteroatoms. The number of benzene rings is 1. The summed E-state index contributed by atoms with van der Waals surface area (Å²) in [6.07, 6.45) is 1.71. The van der Waals surface area contributed by atoms with E-state index in [4.69, 9.17) is 5.26 Å². The molecule has 1 nitrogen and oxygen atoms in total. The molecule has 0 aliphatic carbocycles. The van der Waals surface area contributed by atoms with Gasteiger partial charge in [0, 0.05) is 4.90 Å². The van der Waals surface area contributed by atoms with Crippen molar-refractivity contribution < 1.29 is 8.78 Å². The molecule has 0 saturated heterocycles. The normalized spacial score (nSPS) is 9.50. The minimum Gasteiger partial charge on any atom is -0.205 e. The van der Waals surface area contributed by atoms with E-state index in [0.29, 0.717) is 4.90 Å². The van der Waals surface area contributed by atoms with Gasteiger partial charge in [-0.25, -0.2) is 8.78 Å². The predicted molar refractivity (Wildman–Crippen MR) is 42.9 cm³/mol. The molecule has 0 aromatic heterocycles. The van der Waals surface area contributed by atoms with Gasteiger partial charge >= 0.3 is 0 Å². The number of nitriles is 1. The summed E-state index contributed by atoms with van der Waals surface area (Å²) in [7, 11) is 0. The summed E-state index contributed by atoms with van der Waals surface area (Å²) in [5.74, 6) is -1.61. The molecule has 1 aromatic carbocycles. The highest BCUT2D eigenvalue weighted by Crippen LogP contribution is 2.20. The van der Waals surface area contributed by atoms with Gasteiger partial charge in [0.2, 0.25) is 0 Å². The third-order valence-electron chi connectivity index (χ3n) is 1.36. The molecule has 1 aromatic rings. The highest BCUT2D eigenvalue weighted by Gasteiger charge is 2.09. The van der Waals surface area contributed by atoms with Gasteiger partial charge in [0.1, 0.15) is 23.3 Å². The Morgan fingerprint density at radius 3 is 2.17 bits per heavy atom. The van der Waals surface area contributed by atoms with Gasteiger partial charge < -0.3 is 0 Å². The first-order valence-corrected chi connectivity index (χ1v) is 4.34. The van der Waals surface area contributed by atoms with Gasteiger partial charge in [0.25, 0.3) is 0 Å². The number of rotatable bonds is 1. The van der Waals surface area contributed by atoms with Crippen LogP contribution in [0.1, 0.15) is 5.56 Å². The molecule has 0 aliphatic rings. The van der Waals surface area contributed by atoms with Crippen molar-refractivity contribution in [3.63, 3.8) is 0 Å². The summed E-state index contributed by atoms with van der Waals surface area (Å²) in [5, 5.41) is 8.33. The zero-order chi connectivity index (χ0) is 9.14. The Bertz CT molecular complexity index is 320. The number of halogens is 2. The van der Waals surface area contributed by atoms with E-state index in [0.717, 1.165) is 12.1 Å². The molecule has 0 spiro atoms. The van der Waals surface area contributed by atoms with Crippen molar-refractivity contribution in [3.8, 4) is 6.07 Å². The largest absolute Gasteiger partial charge is 0.205 e. The van der Waals surface area contributed by atoms with Crippen molar-refractivity contribution >= 4 is 11.8 Å².